The molecule has 5 atom stereocenters. The summed E-state index contributed by atoms with van der Waals surface area (Å²) in [6, 6.07) is 0. The van der Waals surface area contributed by atoms with Crippen molar-refractivity contribution >= 4 is 17.9 Å². The lowest BCUT2D eigenvalue weighted by Gasteiger charge is -2.43. The number of carbonyl (C=O) groups excluding carboxylic acids is 3. The van der Waals surface area contributed by atoms with E-state index in [0.29, 0.717) is 0 Å². The van der Waals surface area contributed by atoms with Gasteiger partial charge in [-0.1, -0.05) is 0 Å². The molecule has 1 rings (SSSR count). The van der Waals surface area contributed by atoms with E-state index in [1.54, 1.807) is 6.92 Å². The molecule has 1 N–H and O–H groups in total. The maximum atomic E-state index is 11.1. The summed E-state index contributed by atoms with van der Waals surface area (Å²) in [5.41, 5.74) is 0. The van der Waals surface area contributed by atoms with Crippen LogP contribution in [0.3, 0.4) is 0 Å². The molecule has 8 nitrogen and oxygen atoms in total. The van der Waals surface area contributed by atoms with E-state index in [2.05, 4.69) is 0 Å². The normalized spacial score (nSPS) is 30.4. The zero-order chi connectivity index (χ0) is 17.6. The molecule has 132 valence electrons. The van der Waals surface area contributed by atoms with Gasteiger partial charge in [-0.15, -0.1) is 0 Å². The lowest BCUT2D eigenvalue weighted by atomic mass is 9.80. The third kappa shape index (κ3) is 6.15. The molecule has 0 aromatic rings. The van der Waals surface area contributed by atoms with Gasteiger partial charge in [0.25, 0.3) is 0 Å². The lowest BCUT2D eigenvalue weighted by Crippen LogP contribution is -2.54. The number of carbonyl (C=O) groups is 3. The maximum absolute atomic E-state index is 11.1. The Balaban J connectivity index is 2.81. The molecule has 0 radical (unpaired) electrons. The summed E-state index contributed by atoms with van der Waals surface area (Å²) in [5.74, 6) is -2.24. The average molecular weight is 332 g/mol. The van der Waals surface area contributed by atoms with Crippen molar-refractivity contribution in [3.05, 3.63) is 0 Å². The second kappa shape index (κ2) is 8.83. The van der Waals surface area contributed by atoms with Crippen molar-refractivity contribution in [2.75, 3.05) is 19.8 Å². The summed E-state index contributed by atoms with van der Waals surface area (Å²) >= 11 is 0. The zero-order valence-electron chi connectivity index (χ0n) is 13.8. The maximum Gasteiger partial charge on any atom is 0.302 e. The molecule has 8 heteroatoms. The van der Waals surface area contributed by atoms with E-state index >= 15 is 0 Å². The van der Waals surface area contributed by atoms with Gasteiger partial charge in [-0.05, 0) is 6.92 Å². The fraction of sp³-hybridized carbons (Fsp3) is 0.800. The molecular weight excluding hydrogens is 308 g/mol. The first-order chi connectivity index (χ1) is 10.7. The van der Waals surface area contributed by atoms with Crippen molar-refractivity contribution in [2.24, 2.45) is 11.8 Å². The van der Waals surface area contributed by atoms with Crippen LogP contribution in [0, 0.1) is 11.8 Å². The van der Waals surface area contributed by atoms with Crippen LogP contribution in [0.15, 0.2) is 0 Å². The second-order valence-electron chi connectivity index (χ2n) is 5.61. The first-order valence-corrected chi connectivity index (χ1v) is 7.46. The second-order valence-corrected chi connectivity index (χ2v) is 5.61. The van der Waals surface area contributed by atoms with E-state index in [0.717, 1.165) is 0 Å². The molecule has 0 spiro atoms. The van der Waals surface area contributed by atoms with Crippen LogP contribution in [-0.2, 0) is 33.3 Å². The Morgan fingerprint density at radius 3 is 1.78 bits per heavy atom. The average Bonchev–Trinajstić information content (AvgIpc) is 2.44. The SMILES string of the molecule is CC(=O)OCC1OC(C)C(COC(C)=O)C(COC(C)=O)C1O. The van der Waals surface area contributed by atoms with Crippen LogP contribution in [0.4, 0.5) is 0 Å². The van der Waals surface area contributed by atoms with Crippen molar-refractivity contribution in [3.63, 3.8) is 0 Å². The van der Waals surface area contributed by atoms with Gasteiger partial charge in [0, 0.05) is 32.6 Å². The van der Waals surface area contributed by atoms with E-state index < -0.39 is 36.0 Å². The summed E-state index contributed by atoms with van der Waals surface area (Å²) in [6.07, 6.45) is -2.13. The number of aliphatic hydroxyl groups is 1. The van der Waals surface area contributed by atoms with Crippen molar-refractivity contribution in [1.82, 2.24) is 0 Å². The van der Waals surface area contributed by atoms with Crippen LogP contribution in [0.2, 0.25) is 0 Å². The highest BCUT2D eigenvalue weighted by Gasteiger charge is 2.44. The van der Waals surface area contributed by atoms with Gasteiger partial charge in [0.05, 0.1) is 25.4 Å². The molecule has 0 aliphatic carbocycles. The molecule has 0 bridgehead atoms. The molecule has 0 saturated carbocycles. The quantitative estimate of drug-likeness (QED) is 0.537. The Kier molecular flexibility index (Phi) is 7.44. The van der Waals surface area contributed by atoms with Crippen LogP contribution < -0.4 is 0 Å². The highest BCUT2D eigenvalue weighted by molar-refractivity contribution is 5.66. The summed E-state index contributed by atoms with van der Waals surface area (Å²) in [6.45, 7) is 5.49. The highest BCUT2D eigenvalue weighted by atomic mass is 16.6. The minimum atomic E-state index is -1.02. The smallest absolute Gasteiger partial charge is 0.302 e. The van der Waals surface area contributed by atoms with Crippen molar-refractivity contribution in [3.8, 4) is 0 Å². The molecule has 0 amide bonds. The molecule has 5 unspecified atom stereocenters. The number of hydrogen-bond donors (Lipinski definition) is 1. The number of rotatable bonds is 6. The summed E-state index contributed by atoms with van der Waals surface area (Å²) < 4.78 is 20.6. The van der Waals surface area contributed by atoms with Crippen LogP contribution >= 0.6 is 0 Å². The number of esters is 3. The van der Waals surface area contributed by atoms with Gasteiger partial charge in [-0.2, -0.15) is 0 Å². The van der Waals surface area contributed by atoms with Crippen LogP contribution in [0.25, 0.3) is 0 Å². The summed E-state index contributed by atoms with van der Waals surface area (Å²) in [5, 5.41) is 10.5. The first-order valence-electron chi connectivity index (χ1n) is 7.46. The fourth-order valence-electron chi connectivity index (χ4n) is 2.58. The summed E-state index contributed by atoms with van der Waals surface area (Å²) in [4.78, 5) is 33.0. The molecule has 23 heavy (non-hydrogen) atoms. The molecule has 1 aliphatic rings. The van der Waals surface area contributed by atoms with E-state index in [-0.39, 0.29) is 31.8 Å². The van der Waals surface area contributed by atoms with Crippen molar-refractivity contribution in [2.45, 2.75) is 46.0 Å². The van der Waals surface area contributed by atoms with Crippen LogP contribution in [0.5, 0.6) is 0 Å². The Morgan fingerprint density at radius 2 is 1.30 bits per heavy atom. The van der Waals surface area contributed by atoms with E-state index in [9.17, 15) is 19.5 Å². The zero-order valence-corrected chi connectivity index (χ0v) is 13.8. The lowest BCUT2D eigenvalue weighted by molar-refractivity contribution is -0.207. The first kappa shape index (κ1) is 19.4. The third-order valence-electron chi connectivity index (χ3n) is 3.77. The third-order valence-corrected chi connectivity index (χ3v) is 3.77. The van der Waals surface area contributed by atoms with Gasteiger partial charge >= 0.3 is 17.9 Å². The van der Waals surface area contributed by atoms with Gasteiger partial charge in [0.15, 0.2) is 0 Å². The Hall–Kier alpha value is -1.67. The standard InChI is InChI=1S/C15H24O8/c1-8-12(5-20-9(2)16)13(6-21-10(3)17)15(19)14(23-8)7-22-11(4)18/h8,12-15,19H,5-7H2,1-4H3. The van der Waals surface area contributed by atoms with Crippen LogP contribution in [0.1, 0.15) is 27.7 Å². The monoisotopic (exact) mass is 332 g/mol. The van der Waals surface area contributed by atoms with Gasteiger partial charge in [0.1, 0.15) is 12.7 Å². The number of ether oxygens (including phenoxy) is 4. The molecule has 1 fully saturated rings. The summed E-state index contributed by atoms with van der Waals surface area (Å²) in [7, 11) is 0. The van der Waals surface area contributed by atoms with Crippen molar-refractivity contribution in [1.29, 1.82) is 0 Å². The topological polar surface area (TPSA) is 108 Å². The highest BCUT2D eigenvalue weighted by Crippen LogP contribution is 2.32. The molecule has 0 aromatic heterocycles. The number of aliphatic hydroxyl groups excluding tert-OH is 1. The van der Waals surface area contributed by atoms with Gasteiger partial charge in [-0.25, -0.2) is 0 Å². The molecule has 1 aliphatic heterocycles. The molecule has 1 saturated heterocycles. The Labute approximate surface area is 135 Å². The fourth-order valence-corrected chi connectivity index (χ4v) is 2.58. The van der Waals surface area contributed by atoms with Gasteiger partial charge < -0.3 is 24.1 Å². The molecular formula is C15H24O8. The predicted molar refractivity (Wildman–Crippen MR) is 77.2 cm³/mol. The van der Waals surface area contributed by atoms with Crippen molar-refractivity contribution < 1.29 is 38.4 Å². The molecule has 1 heterocycles. The number of hydrogen-bond acceptors (Lipinski definition) is 8. The van der Waals surface area contributed by atoms with E-state index in [4.69, 9.17) is 18.9 Å². The minimum Gasteiger partial charge on any atom is -0.465 e. The molecule has 0 aromatic carbocycles. The largest absolute Gasteiger partial charge is 0.465 e. The van der Waals surface area contributed by atoms with Gasteiger partial charge in [-0.3, -0.25) is 14.4 Å². The minimum absolute atomic E-state index is 0.0350. The van der Waals surface area contributed by atoms with Gasteiger partial charge in [0.2, 0.25) is 0 Å². The van der Waals surface area contributed by atoms with Crippen LogP contribution in [-0.4, -0.2) is 61.1 Å². The van der Waals surface area contributed by atoms with E-state index in [1.165, 1.54) is 20.8 Å². The Bertz CT molecular complexity index is 435. The van der Waals surface area contributed by atoms with E-state index in [1.807, 2.05) is 0 Å². The Morgan fingerprint density at radius 1 is 0.870 bits per heavy atom. The predicted octanol–water partition coefficient (Wildman–Crippen LogP) is 0.0563.